The molecule has 0 fully saturated rings. The molecule has 0 rings (SSSR count). The van der Waals surface area contributed by atoms with Gasteiger partial charge in [-0.2, -0.15) is 0 Å². The van der Waals surface area contributed by atoms with Crippen molar-refractivity contribution >= 4 is 6.29 Å². The zero-order valence-electron chi connectivity index (χ0n) is 8.82. The van der Waals surface area contributed by atoms with Gasteiger partial charge in [-0.15, -0.1) is 0 Å². The van der Waals surface area contributed by atoms with Gasteiger partial charge in [0.15, 0.2) is 0 Å². The standard InChI is InChI=1S/C11H20O2/c1-4-7-10(2)11(13-3)8-5-6-9-12/h5,8-11H,4,6-7H2,1-3H3/b8-5+. The fourth-order valence-electron chi connectivity index (χ4n) is 1.39. The Hall–Kier alpha value is -0.630. The van der Waals surface area contributed by atoms with Crippen molar-refractivity contribution in [1.82, 2.24) is 0 Å². The van der Waals surface area contributed by atoms with Crippen LogP contribution in [-0.2, 0) is 9.53 Å². The number of aldehydes is 1. The molecule has 0 saturated heterocycles. The summed E-state index contributed by atoms with van der Waals surface area (Å²) in [5, 5.41) is 0. The molecule has 0 aliphatic carbocycles. The molecule has 0 radical (unpaired) electrons. The first-order valence-corrected chi connectivity index (χ1v) is 4.89. The smallest absolute Gasteiger partial charge is 0.123 e. The molecule has 2 unspecified atom stereocenters. The Morgan fingerprint density at radius 3 is 2.62 bits per heavy atom. The Kier molecular flexibility index (Phi) is 7.60. The number of rotatable bonds is 7. The fourth-order valence-corrected chi connectivity index (χ4v) is 1.39. The minimum Gasteiger partial charge on any atom is -0.377 e. The summed E-state index contributed by atoms with van der Waals surface area (Å²) in [6, 6.07) is 0. The van der Waals surface area contributed by atoms with Crippen LogP contribution in [0.15, 0.2) is 12.2 Å². The number of hydrogen-bond donors (Lipinski definition) is 0. The molecular formula is C11H20O2. The topological polar surface area (TPSA) is 26.3 Å². The lowest BCUT2D eigenvalue weighted by Gasteiger charge is -2.18. The summed E-state index contributed by atoms with van der Waals surface area (Å²) in [4.78, 5) is 10.1. The van der Waals surface area contributed by atoms with Crippen molar-refractivity contribution in [2.24, 2.45) is 5.92 Å². The predicted octanol–water partition coefficient (Wildman–Crippen LogP) is 2.58. The van der Waals surface area contributed by atoms with E-state index >= 15 is 0 Å². The SMILES string of the molecule is CCCC(C)C(/C=C/CC=O)OC. The summed E-state index contributed by atoms with van der Waals surface area (Å²) in [7, 11) is 1.71. The maximum absolute atomic E-state index is 10.1. The molecule has 0 N–H and O–H groups in total. The summed E-state index contributed by atoms with van der Waals surface area (Å²) < 4.78 is 5.31. The van der Waals surface area contributed by atoms with Gasteiger partial charge in [-0.1, -0.05) is 32.4 Å². The molecule has 0 aliphatic heterocycles. The first-order valence-electron chi connectivity index (χ1n) is 4.89. The van der Waals surface area contributed by atoms with Crippen LogP contribution < -0.4 is 0 Å². The third-order valence-corrected chi connectivity index (χ3v) is 2.14. The van der Waals surface area contributed by atoms with Crippen molar-refractivity contribution in [1.29, 1.82) is 0 Å². The van der Waals surface area contributed by atoms with E-state index in [1.165, 1.54) is 6.42 Å². The minimum absolute atomic E-state index is 0.153. The Balaban J connectivity index is 3.92. The molecule has 0 spiro atoms. The Labute approximate surface area is 81.0 Å². The number of ether oxygens (including phenoxy) is 1. The summed E-state index contributed by atoms with van der Waals surface area (Å²) in [6.07, 6.45) is 7.71. The first-order chi connectivity index (χ1) is 6.26. The van der Waals surface area contributed by atoms with Crippen molar-refractivity contribution in [3.05, 3.63) is 12.2 Å². The van der Waals surface area contributed by atoms with E-state index in [1.807, 2.05) is 12.2 Å². The van der Waals surface area contributed by atoms with Gasteiger partial charge in [0.2, 0.25) is 0 Å². The zero-order valence-corrected chi connectivity index (χ0v) is 8.82. The molecule has 76 valence electrons. The van der Waals surface area contributed by atoms with E-state index in [9.17, 15) is 4.79 Å². The average Bonchev–Trinajstić information content (AvgIpc) is 2.13. The fraction of sp³-hybridized carbons (Fsp3) is 0.727. The van der Waals surface area contributed by atoms with Crippen LogP contribution in [0.2, 0.25) is 0 Å². The highest BCUT2D eigenvalue weighted by Gasteiger charge is 2.11. The van der Waals surface area contributed by atoms with E-state index in [1.54, 1.807) is 7.11 Å². The molecule has 2 atom stereocenters. The number of allylic oxidation sites excluding steroid dienone is 1. The molecule has 0 aromatic carbocycles. The second kappa shape index (κ2) is 7.99. The quantitative estimate of drug-likeness (QED) is 0.449. The van der Waals surface area contributed by atoms with Crippen LogP contribution in [0.1, 0.15) is 33.1 Å². The minimum atomic E-state index is 0.153. The third kappa shape index (κ3) is 5.58. The van der Waals surface area contributed by atoms with Crippen molar-refractivity contribution in [2.75, 3.05) is 7.11 Å². The van der Waals surface area contributed by atoms with Gasteiger partial charge in [0.25, 0.3) is 0 Å². The Morgan fingerprint density at radius 1 is 1.46 bits per heavy atom. The second-order valence-electron chi connectivity index (χ2n) is 3.30. The molecule has 0 aromatic heterocycles. The van der Waals surface area contributed by atoms with Gasteiger partial charge in [-0.3, -0.25) is 0 Å². The highest BCUT2D eigenvalue weighted by molar-refractivity contribution is 5.51. The normalized spacial score (nSPS) is 15.9. The van der Waals surface area contributed by atoms with Crippen LogP contribution >= 0.6 is 0 Å². The molecule has 2 nitrogen and oxygen atoms in total. The van der Waals surface area contributed by atoms with Gasteiger partial charge in [0, 0.05) is 13.5 Å². The van der Waals surface area contributed by atoms with Gasteiger partial charge >= 0.3 is 0 Å². The molecule has 0 heterocycles. The third-order valence-electron chi connectivity index (χ3n) is 2.14. The van der Waals surface area contributed by atoms with Crippen molar-refractivity contribution in [3.8, 4) is 0 Å². The molecule has 0 aliphatic rings. The van der Waals surface area contributed by atoms with Crippen LogP contribution in [-0.4, -0.2) is 19.5 Å². The molecule has 0 amide bonds. The van der Waals surface area contributed by atoms with E-state index < -0.39 is 0 Å². The van der Waals surface area contributed by atoms with Crippen LogP contribution in [0.25, 0.3) is 0 Å². The Bertz CT molecular complexity index is 152. The number of methoxy groups -OCH3 is 1. The molecule has 13 heavy (non-hydrogen) atoms. The van der Waals surface area contributed by atoms with E-state index in [2.05, 4.69) is 13.8 Å². The van der Waals surface area contributed by atoms with Gasteiger partial charge < -0.3 is 9.53 Å². The van der Waals surface area contributed by atoms with E-state index in [4.69, 9.17) is 4.74 Å². The second-order valence-corrected chi connectivity index (χ2v) is 3.30. The molecule has 0 saturated carbocycles. The molecule has 0 bridgehead atoms. The predicted molar refractivity (Wildman–Crippen MR) is 54.7 cm³/mol. The summed E-state index contributed by atoms with van der Waals surface area (Å²) in [5.74, 6) is 0.526. The number of carbonyl (C=O) groups excluding carboxylic acids is 1. The first kappa shape index (κ1) is 12.4. The monoisotopic (exact) mass is 184 g/mol. The van der Waals surface area contributed by atoms with Gasteiger partial charge in [-0.05, 0) is 12.3 Å². The highest BCUT2D eigenvalue weighted by Crippen LogP contribution is 2.14. The largest absolute Gasteiger partial charge is 0.377 e. The average molecular weight is 184 g/mol. The van der Waals surface area contributed by atoms with Crippen LogP contribution in [0.5, 0.6) is 0 Å². The lowest BCUT2D eigenvalue weighted by Crippen LogP contribution is -2.17. The summed E-state index contributed by atoms with van der Waals surface area (Å²) >= 11 is 0. The molecule has 0 aromatic rings. The lowest BCUT2D eigenvalue weighted by atomic mass is 9.99. The van der Waals surface area contributed by atoms with Gasteiger partial charge in [0.1, 0.15) is 6.29 Å². The number of hydrogen-bond acceptors (Lipinski definition) is 2. The highest BCUT2D eigenvalue weighted by atomic mass is 16.5. The maximum Gasteiger partial charge on any atom is 0.123 e. The lowest BCUT2D eigenvalue weighted by molar-refractivity contribution is -0.107. The maximum atomic E-state index is 10.1. The van der Waals surface area contributed by atoms with Crippen LogP contribution in [0, 0.1) is 5.92 Å². The van der Waals surface area contributed by atoms with Crippen molar-refractivity contribution in [3.63, 3.8) is 0 Å². The van der Waals surface area contributed by atoms with Gasteiger partial charge in [-0.25, -0.2) is 0 Å². The molecule has 2 heteroatoms. The summed E-state index contributed by atoms with van der Waals surface area (Å²) in [6.45, 7) is 4.33. The summed E-state index contributed by atoms with van der Waals surface area (Å²) in [5.41, 5.74) is 0. The van der Waals surface area contributed by atoms with Crippen LogP contribution in [0.3, 0.4) is 0 Å². The molecular weight excluding hydrogens is 164 g/mol. The van der Waals surface area contributed by atoms with Gasteiger partial charge in [0.05, 0.1) is 6.10 Å². The number of carbonyl (C=O) groups is 1. The van der Waals surface area contributed by atoms with E-state index in [-0.39, 0.29) is 6.10 Å². The van der Waals surface area contributed by atoms with Crippen LogP contribution in [0.4, 0.5) is 0 Å². The van der Waals surface area contributed by atoms with Crippen molar-refractivity contribution < 1.29 is 9.53 Å². The van der Waals surface area contributed by atoms with E-state index in [0.717, 1.165) is 12.7 Å². The van der Waals surface area contributed by atoms with E-state index in [0.29, 0.717) is 12.3 Å². The van der Waals surface area contributed by atoms with Crippen molar-refractivity contribution in [2.45, 2.75) is 39.2 Å². The Morgan fingerprint density at radius 2 is 2.15 bits per heavy atom. The zero-order chi connectivity index (χ0) is 10.1.